The Hall–Kier alpha value is -4.59. The molecule has 188 valence electrons. The van der Waals surface area contributed by atoms with E-state index in [0.29, 0.717) is 29.3 Å². The quantitative estimate of drug-likeness (QED) is 0.517. The number of hydrogen-bond acceptors (Lipinski definition) is 4. The first kappa shape index (κ1) is 24.1. The molecule has 2 heterocycles. The van der Waals surface area contributed by atoms with Gasteiger partial charge in [-0.1, -0.05) is 66.2 Å². The molecule has 0 bridgehead atoms. The van der Waals surface area contributed by atoms with Gasteiger partial charge in [0.25, 0.3) is 5.91 Å². The Morgan fingerprint density at radius 2 is 1.78 bits per heavy atom. The predicted molar refractivity (Wildman–Crippen MR) is 140 cm³/mol. The van der Waals surface area contributed by atoms with Gasteiger partial charge in [-0.3, -0.25) is 14.5 Å². The fraction of sp³-hybridized carbons (Fsp3) is 0.207. The van der Waals surface area contributed by atoms with Crippen molar-refractivity contribution in [2.45, 2.75) is 19.6 Å². The number of carbonyl (C=O) groups excluding carboxylic acids is 3. The van der Waals surface area contributed by atoms with Crippen LogP contribution in [0, 0.1) is 6.92 Å². The van der Waals surface area contributed by atoms with Crippen LogP contribution in [0.5, 0.6) is 5.75 Å². The van der Waals surface area contributed by atoms with Crippen molar-refractivity contribution < 1.29 is 19.1 Å². The van der Waals surface area contributed by atoms with Gasteiger partial charge in [0.05, 0.1) is 23.9 Å². The van der Waals surface area contributed by atoms with Gasteiger partial charge < -0.3 is 20.3 Å². The van der Waals surface area contributed by atoms with Crippen molar-refractivity contribution in [3.8, 4) is 5.75 Å². The van der Waals surface area contributed by atoms with Gasteiger partial charge in [0.2, 0.25) is 5.91 Å². The van der Waals surface area contributed by atoms with E-state index in [1.807, 2.05) is 67.6 Å². The van der Waals surface area contributed by atoms with Crippen LogP contribution in [-0.2, 0) is 16.2 Å². The van der Waals surface area contributed by atoms with Gasteiger partial charge in [-0.05, 0) is 30.2 Å². The van der Waals surface area contributed by atoms with Crippen LogP contribution in [0.2, 0.25) is 0 Å². The third-order valence-corrected chi connectivity index (χ3v) is 6.55. The molecule has 0 fully saturated rings. The lowest BCUT2D eigenvalue weighted by Crippen LogP contribution is -2.45. The highest BCUT2D eigenvalue weighted by molar-refractivity contribution is 6.04. The number of hydrogen-bond donors (Lipinski definition) is 2. The summed E-state index contributed by atoms with van der Waals surface area (Å²) in [4.78, 5) is 41.8. The molecule has 1 unspecified atom stereocenters. The van der Waals surface area contributed by atoms with E-state index in [0.717, 1.165) is 16.7 Å². The van der Waals surface area contributed by atoms with Crippen LogP contribution in [0.4, 0.5) is 10.5 Å². The van der Waals surface area contributed by atoms with E-state index in [4.69, 9.17) is 4.74 Å². The summed E-state index contributed by atoms with van der Waals surface area (Å²) in [6.45, 7) is 2.45. The van der Waals surface area contributed by atoms with Crippen LogP contribution < -0.4 is 15.4 Å². The third kappa shape index (κ3) is 5.18. The van der Waals surface area contributed by atoms with Gasteiger partial charge in [0.1, 0.15) is 18.9 Å². The second kappa shape index (κ2) is 10.2. The lowest BCUT2D eigenvalue weighted by atomic mass is 9.95. The Morgan fingerprint density at radius 1 is 1.03 bits per heavy atom. The zero-order chi connectivity index (χ0) is 25.9. The Balaban J connectivity index is 1.25. The first-order chi connectivity index (χ1) is 17.9. The van der Waals surface area contributed by atoms with E-state index in [9.17, 15) is 14.4 Å². The van der Waals surface area contributed by atoms with Gasteiger partial charge in [-0.2, -0.15) is 0 Å². The number of carbonyl (C=O) groups is 3. The second-order valence-electron chi connectivity index (χ2n) is 9.22. The minimum Gasteiger partial charge on any atom is -0.489 e. The number of nitrogens with one attached hydrogen (secondary N) is 2. The zero-order valence-corrected chi connectivity index (χ0v) is 20.7. The molecule has 2 aliphatic heterocycles. The molecule has 8 nitrogen and oxygen atoms in total. The molecular formula is C29H28N4O4. The standard InChI is InChI=1S/C29H28N4O4/c1-19-11-13-21(14-12-19)27-26-24(32(2)29(36)31-27)16-33(28(26)35)17-25(34)30-22-9-6-10-23(15-22)37-18-20-7-4-3-5-8-20/h3-15,27H,16-18H2,1-2H3,(H,30,34)(H,31,36). The van der Waals surface area contributed by atoms with Gasteiger partial charge >= 0.3 is 6.03 Å². The topological polar surface area (TPSA) is 91.0 Å². The first-order valence-electron chi connectivity index (χ1n) is 12.1. The predicted octanol–water partition coefficient (Wildman–Crippen LogP) is 4.01. The number of benzene rings is 3. The number of ether oxygens (including phenoxy) is 1. The first-order valence-corrected chi connectivity index (χ1v) is 12.1. The van der Waals surface area contributed by atoms with Crippen molar-refractivity contribution >= 4 is 23.5 Å². The van der Waals surface area contributed by atoms with E-state index in [-0.39, 0.29) is 30.9 Å². The molecule has 37 heavy (non-hydrogen) atoms. The Bertz CT molecular complexity index is 1370. The highest BCUT2D eigenvalue weighted by atomic mass is 16.5. The second-order valence-corrected chi connectivity index (χ2v) is 9.22. The summed E-state index contributed by atoms with van der Waals surface area (Å²) in [5.41, 5.74) is 4.64. The van der Waals surface area contributed by atoms with Crippen molar-refractivity contribution in [3.63, 3.8) is 0 Å². The number of aryl methyl sites for hydroxylation is 1. The maximum Gasteiger partial charge on any atom is 0.322 e. The summed E-state index contributed by atoms with van der Waals surface area (Å²) in [6.07, 6.45) is 0. The van der Waals surface area contributed by atoms with Gasteiger partial charge in [-0.15, -0.1) is 0 Å². The lowest BCUT2D eigenvalue weighted by Gasteiger charge is -2.31. The smallest absolute Gasteiger partial charge is 0.322 e. The van der Waals surface area contributed by atoms with Gasteiger partial charge in [0, 0.05) is 18.8 Å². The summed E-state index contributed by atoms with van der Waals surface area (Å²) in [7, 11) is 1.63. The summed E-state index contributed by atoms with van der Waals surface area (Å²) < 4.78 is 5.85. The number of nitrogens with zero attached hydrogens (tertiary/aromatic N) is 2. The summed E-state index contributed by atoms with van der Waals surface area (Å²) in [6, 6.07) is 23.8. The number of anilines is 1. The summed E-state index contributed by atoms with van der Waals surface area (Å²) >= 11 is 0. The Labute approximate surface area is 215 Å². The average Bonchev–Trinajstić information content (AvgIpc) is 3.22. The van der Waals surface area contributed by atoms with Crippen molar-refractivity contribution in [2.75, 3.05) is 25.5 Å². The van der Waals surface area contributed by atoms with E-state index in [1.54, 1.807) is 25.2 Å². The molecular weight excluding hydrogens is 468 g/mol. The largest absolute Gasteiger partial charge is 0.489 e. The van der Waals surface area contributed by atoms with Crippen molar-refractivity contribution in [1.82, 2.24) is 15.1 Å². The van der Waals surface area contributed by atoms with Crippen LogP contribution in [0.25, 0.3) is 0 Å². The van der Waals surface area contributed by atoms with Crippen LogP contribution in [0.3, 0.4) is 0 Å². The zero-order valence-electron chi connectivity index (χ0n) is 20.7. The van der Waals surface area contributed by atoms with E-state index < -0.39 is 6.04 Å². The minimum atomic E-state index is -0.557. The van der Waals surface area contributed by atoms with Gasteiger partial charge in [-0.25, -0.2) is 4.79 Å². The van der Waals surface area contributed by atoms with Crippen molar-refractivity contribution in [1.29, 1.82) is 0 Å². The number of rotatable bonds is 7. The van der Waals surface area contributed by atoms with E-state index >= 15 is 0 Å². The molecule has 4 amide bonds. The van der Waals surface area contributed by atoms with Crippen LogP contribution in [0.1, 0.15) is 22.7 Å². The molecule has 0 saturated heterocycles. The molecule has 0 radical (unpaired) electrons. The molecule has 8 heteroatoms. The monoisotopic (exact) mass is 496 g/mol. The molecule has 3 aromatic carbocycles. The number of amides is 4. The highest BCUT2D eigenvalue weighted by Gasteiger charge is 2.43. The van der Waals surface area contributed by atoms with Crippen LogP contribution >= 0.6 is 0 Å². The molecule has 1 atom stereocenters. The fourth-order valence-corrected chi connectivity index (χ4v) is 4.54. The number of likely N-dealkylation sites (N-methyl/N-ethyl adjacent to an activating group) is 1. The molecule has 0 saturated carbocycles. The Morgan fingerprint density at radius 3 is 2.54 bits per heavy atom. The van der Waals surface area contributed by atoms with Crippen molar-refractivity contribution in [3.05, 3.63) is 107 Å². The maximum atomic E-state index is 13.4. The third-order valence-electron chi connectivity index (χ3n) is 6.55. The normalized spacial score (nSPS) is 17.0. The minimum absolute atomic E-state index is 0.135. The summed E-state index contributed by atoms with van der Waals surface area (Å²) in [5.74, 6) is 0.0351. The molecule has 3 aromatic rings. The molecule has 0 aliphatic carbocycles. The Kier molecular flexibility index (Phi) is 6.64. The fourth-order valence-electron chi connectivity index (χ4n) is 4.54. The van der Waals surface area contributed by atoms with Gasteiger partial charge in [0.15, 0.2) is 0 Å². The molecule has 5 rings (SSSR count). The van der Waals surface area contributed by atoms with Crippen molar-refractivity contribution in [2.24, 2.45) is 0 Å². The van der Waals surface area contributed by atoms with Crippen LogP contribution in [-0.4, -0.2) is 47.8 Å². The molecule has 2 N–H and O–H groups in total. The molecule has 0 spiro atoms. The van der Waals surface area contributed by atoms with E-state index in [1.165, 1.54) is 9.80 Å². The SMILES string of the molecule is Cc1ccc(C2NC(=O)N(C)C3=C2C(=O)N(CC(=O)Nc2cccc(OCc4ccccc4)c2)C3)cc1. The maximum absolute atomic E-state index is 13.4. The molecule has 0 aromatic heterocycles. The summed E-state index contributed by atoms with van der Waals surface area (Å²) in [5, 5.41) is 5.77. The highest BCUT2D eigenvalue weighted by Crippen LogP contribution is 2.35. The lowest BCUT2D eigenvalue weighted by molar-refractivity contribution is -0.130. The average molecular weight is 497 g/mol. The number of urea groups is 1. The van der Waals surface area contributed by atoms with E-state index in [2.05, 4.69) is 10.6 Å². The molecule has 2 aliphatic rings. The van der Waals surface area contributed by atoms with Crippen LogP contribution in [0.15, 0.2) is 90.1 Å².